The third kappa shape index (κ3) is 15.2. The number of benzene rings is 4. The fourth-order valence-corrected chi connectivity index (χ4v) is 12.4. The van der Waals surface area contributed by atoms with Crippen LogP contribution in [0.1, 0.15) is 105 Å². The predicted octanol–water partition coefficient (Wildman–Crippen LogP) is 16.7. The number of amides is 1. The number of carbonyl (C=O) groups is 2. The lowest BCUT2D eigenvalue weighted by molar-refractivity contribution is -0.421. The number of Topliss-reactive ketones (excluding diaryl/α,β-unsaturated/α-hetero) is 1. The maximum atomic E-state index is 13.4. The Hall–Kier alpha value is -9.94. The third-order valence-corrected chi connectivity index (χ3v) is 16.5. The Kier molecular flexibility index (Phi) is 19.9. The van der Waals surface area contributed by atoms with Gasteiger partial charge in [-0.2, -0.15) is 26.3 Å². The van der Waals surface area contributed by atoms with E-state index in [4.69, 9.17) is 4.74 Å². The molecule has 0 spiro atoms. The van der Waals surface area contributed by atoms with Gasteiger partial charge in [-0.05, 0) is 173 Å². The van der Waals surface area contributed by atoms with Crippen molar-refractivity contribution in [1.29, 1.82) is 0 Å². The number of alkyl halides is 6. The van der Waals surface area contributed by atoms with Gasteiger partial charge in [0, 0.05) is 47.3 Å². The molecule has 0 saturated carbocycles. The number of morpholine rings is 1. The number of halogens is 6. The third-order valence-electron chi connectivity index (χ3n) is 15.6. The minimum Gasteiger partial charge on any atom is -0.372 e. The second-order valence-corrected chi connectivity index (χ2v) is 24.8. The number of nitrogens with one attached hydrogen (secondary N) is 2. The average Bonchev–Trinajstić information content (AvgIpc) is 1.58. The van der Waals surface area contributed by atoms with Crippen LogP contribution in [-0.4, -0.2) is 67.8 Å². The Morgan fingerprint density at radius 3 is 1.87 bits per heavy atom. The van der Waals surface area contributed by atoms with Crippen LogP contribution < -0.4 is 15.1 Å². The van der Waals surface area contributed by atoms with Crippen molar-refractivity contribution in [2.75, 3.05) is 22.9 Å². The molecular formula is C69H66F6N8O9S. The molecule has 24 heteroatoms. The Balaban J connectivity index is 0.000000165. The van der Waals surface area contributed by atoms with E-state index >= 15 is 0 Å². The number of para-hydroxylation sites is 1. The number of carbonyl (C=O) groups excluding carboxylic acids is 2. The zero-order valence-corrected chi connectivity index (χ0v) is 52.8. The van der Waals surface area contributed by atoms with Crippen molar-refractivity contribution in [3.8, 4) is 0 Å². The number of ether oxygens (including phenoxy) is 1. The largest absolute Gasteiger partial charge is 0.431 e. The number of H-pyrrole nitrogens is 1. The Morgan fingerprint density at radius 1 is 0.667 bits per heavy atom. The molecule has 6 aromatic rings. The van der Waals surface area contributed by atoms with Crippen molar-refractivity contribution >= 4 is 62.9 Å². The van der Waals surface area contributed by atoms with Crippen molar-refractivity contribution < 1.29 is 55.4 Å². The van der Waals surface area contributed by atoms with Crippen LogP contribution in [0.25, 0.3) is 22.7 Å². The molecule has 2 atom stereocenters. The maximum Gasteiger partial charge on any atom is 0.431 e. The quantitative estimate of drug-likeness (QED) is 0.0568. The lowest BCUT2D eigenvalue weighted by Crippen LogP contribution is -2.49. The molecule has 0 bridgehead atoms. The number of ketones is 1. The Labute approximate surface area is 536 Å². The minimum absolute atomic E-state index is 0.0423. The molecule has 93 heavy (non-hydrogen) atoms. The summed E-state index contributed by atoms with van der Waals surface area (Å²) < 4.78 is 84.4. The van der Waals surface area contributed by atoms with Crippen LogP contribution in [0, 0.1) is 49.6 Å². The summed E-state index contributed by atoms with van der Waals surface area (Å²) in [5, 5.41) is 39.9. The second kappa shape index (κ2) is 27.5. The molecule has 2 aromatic heterocycles. The van der Waals surface area contributed by atoms with E-state index in [1.165, 1.54) is 22.3 Å². The highest BCUT2D eigenvalue weighted by atomic mass is 32.1. The number of dihydropyridines is 1. The summed E-state index contributed by atoms with van der Waals surface area (Å²) in [4.78, 5) is 69.2. The monoisotopic (exact) mass is 1300 g/mol. The summed E-state index contributed by atoms with van der Waals surface area (Å²) in [5.41, 5.74) is 5.51. The lowest BCUT2D eigenvalue weighted by Gasteiger charge is -2.38. The van der Waals surface area contributed by atoms with Crippen molar-refractivity contribution in [2.24, 2.45) is 5.41 Å². The first-order valence-corrected chi connectivity index (χ1v) is 30.5. The number of hydrogen-bond donors (Lipinski definition) is 2. The molecule has 11 rings (SSSR count). The summed E-state index contributed by atoms with van der Waals surface area (Å²) in [6.07, 6.45) is 0.663. The smallest absolute Gasteiger partial charge is 0.372 e. The van der Waals surface area contributed by atoms with Gasteiger partial charge in [0.1, 0.15) is 11.5 Å². The second-order valence-electron chi connectivity index (χ2n) is 23.8. The van der Waals surface area contributed by atoms with Gasteiger partial charge in [-0.3, -0.25) is 39.9 Å². The molecule has 2 N–H and O–H groups in total. The summed E-state index contributed by atoms with van der Waals surface area (Å²) in [7, 11) is 0. The van der Waals surface area contributed by atoms with E-state index in [-0.39, 0.29) is 48.0 Å². The fraction of sp³-hybridized carbons (Fsp3) is 0.275. The van der Waals surface area contributed by atoms with Gasteiger partial charge in [0.25, 0.3) is 5.70 Å². The van der Waals surface area contributed by atoms with Crippen LogP contribution in [0.15, 0.2) is 202 Å². The van der Waals surface area contributed by atoms with Gasteiger partial charge in [-0.15, -0.1) is 11.3 Å². The highest BCUT2D eigenvalue weighted by Gasteiger charge is 2.43. The van der Waals surface area contributed by atoms with E-state index in [2.05, 4.69) is 47.2 Å². The normalized spacial score (nSPS) is 19.1. The molecule has 4 aliphatic heterocycles. The zero-order chi connectivity index (χ0) is 67.4. The number of fused-ring (bicyclic) bond motifs is 1. The van der Waals surface area contributed by atoms with Gasteiger partial charge in [0.15, 0.2) is 0 Å². The van der Waals surface area contributed by atoms with Crippen molar-refractivity contribution in [3.05, 3.63) is 271 Å². The number of hydrogen-bond acceptors (Lipinski definition) is 13. The molecule has 5 aliphatic rings. The van der Waals surface area contributed by atoms with Crippen LogP contribution in [-0.2, 0) is 20.5 Å². The molecule has 1 fully saturated rings. The molecular weight excluding hydrogens is 1230 g/mol. The van der Waals surface area contributed by atoms with Gasteiger partial charge in [-0.1, -0.05) is 81.4 Å². The standard InChI is InChI=1S/C29H32N2O3.C22H16F3N3O2.C18H18F3N3O4S/c1-19-15-20(2)17-22(16-19)30-25-14-10-9-13-23(25)24(18-26(30)21-11-7-6-8-12-21)27(31(33)34)28(32)29(3,4)5;1-14-13-18(17-5-2-3-6-19(17)27(14)20-7-4-12-26-20)21(28(29)30)15-8-10-16(11-9-15)22(23,24)25;1-10-8-23(9-11(2)28-10)17(25)16(24(26)27)12-6-13(14-4-3-5-29-14)22-15(7-12)18(19,20)21/h6-8,11-12,15-18H,9-10,13-14H2,1-5H3;2-13,26H,1H3;3-7,10-11,22H,8-9H2,1-2H3/b27-24+;21-18-;16-12+. The van der Waals surface area contributed by atoms with Crippen LogP contribution >= 0.6 is 11.3 Å². The van der Waals surface area contributed by atoms with Gasteiger partial charge < -0.3 is 29.7 Å². The molecule has 1 saturated heterocycles. The SMILES string of the molecule is CC1=C/C(=C(\c2ccc(C(F)(F)F)cc2)[N+](=O)[O-])c2ccccc2N1c1ccc[nH]1.CC1CN(C(=O)/C(=C2/C=C(c3cccs3)NC(C(F)(F)F)=C2)[N+](=O)[O-])CC(C)O1.Cc1cc(C)cc(N2C(c3ccccc3)=C/C(=C(/C(=O)C(C)(C)C)[N+](=O)[O-])C3=C2CCCC3)c1. The van der Waals surface area contributed by atoms with Gasteiger partial charge in [-0.25, -0.2) is 0 Å². The van der Waals surface area contributed by atoms with Gasteiger partial charge in [0.05, 0.1) is 76.8 Å². The highest BCUT2D eigenvalue weighted by Crippen LogP contribution is 2.47. The number of aromatic nitrogens is 1. The number of nitro groups is 3. The number of anilines is 3. The lowest BCUT2D eigenvalue weighted by atomic mass is 9.81. The number of aryl methyl sites for hydroxylation is 2. The van der Waals surface area contributed by atoms with E-state index < -0.39 is 66.8 Å². The Bertz CT molecular complexity index is 4130. The first kappa shape index (κ1) is 67.5. The first-order valence-electron chi connectivity index (χ1n) is 29.6. The molecule has 1 aliphatic carbocycles. The number of rotatable bonds is 10. The minimum atomic E-state index is -4.77. The van der Waals surface area contributed by atoms with E-state index in [1.54, 1.807) is 76.5 Å². The van der Waals surface area contributed by atoms with Crippen LogP contribution in [0.5, 0.6) is 0 Å². The molecule has 17 nitrogen and oxygen atoms in total. The van der Waals surface area contributed by atoms with Crippen LogP contribution in [0.4, 0.5) is 43.5 Å². The number of allylic oxidation sites excluding steroid dienone is 12. The summed E-state index contributed by atoms with van der Waals surface area (Å²) in [6, 6.07) is 34.6. The topological polar surface area (TPSA) is 210 Å². The summed E-state index contributed by atoms with van der Waals surface area (Å²) in [5.74, 6) is -0.575. The molecule has 4 aromatic carbocycles. The molecule has 6 heterocycles. The van der Waals surface area contributed by atoms with Gasteiger partial charge >= 0.3 is 29.7 Å². The maximum absolute atomic E-state index is 13.4. The van der Waals surface area contributed by atoms with Crippen molar-refractivity contribution in [1.82, 2.24) is 15.2 Å². The van der Waals surface area contributed by atoms with Crippen LogP contribution in [0.3, 0.4) is 0 Å². The molecule has 484 valence electrons. The average molecular weight is 1300 g/mol. The number of thiophene rings is 1. The van der Waals surface area contributed by atoms with Crippen LogP contribution in [0.2, 0.25) is 0 Å². The molecule has 2 unspecified atom stereocenters. The van der Waals surface area contributed by atoms with E-state index in [0.29, 0.717) is 27.7 Å². The fourth-order valence-electron chi connectivity index (χ4n) is 11.7. The summed E-state index contributed by atoms with van der Waals surface area (Å²) in [6.45, 7) is 14.9. The molecule has 1 amide bonds. The number of aromatic amines is 1. The molecule has 0 radical (unpaired) electrons. The van der Waals surface area contributed by atoms with Crippen molar-refractivity contribution in [3.63, 3.8) is 0 Å². The van der Waals surface area contributed by atoms with E-state index in [1.807, 2.05) is 72.5 Å². The van der Waals surface area contributed by atoms with E-state index in [9.17, 15) is 66.3 Å². The Morgan fingerprint density at radius 2 is 1.30 bits per heavy atom. The summed E-state index contributed by atoms with van der Waals surface area (Å²) >= 11 is 1.17. The van der Waals surface area contributed by atoms with E-state index in [0.717, 1.165) is 106 Å². The van der Waals surface area contributed by atoms with Crippen molar-refractivity contribution in [2.45, 2.75) is 106 Å². The van der Waals surface area contributed by atoms with Gasteiger partial charge in [0.2, 0.25) is 5.78 Å². The predicted molar refractivity (Wildman–Crippen MR) is 345 cm³/mol. The first-order chi connectivity index (χ1) is 43.9. The highest BCUT2D eigenvalue weighted by molar-refractivity contribution is 7.11. The zero-order valence-electron chi connectivity index (χ0n) is 51.9. The number of nitrogens with zero attached hydrogens (tertiary/aromatic N) is 6.